The van der Waals surface area contributed by atoms with E-state index in [-0.39, 0.29) is 58.5 Å². The number of aromatic nitrogens is 1. The second-order valence-electron chi connectivity index (χ2n) is 8.62. The standard InChI is InChI=1S/C22H23FN4O6S2/c1-3-22(6-8-34(29,30)9-7-22)18-13-33-20-17(35(31,32)26-18)12-27(2)19(20)21(28)25-15-4-5-16(23)14(10-15)11-24/h3-5,10,12,18,26H,1,6-9,13H2,2H3,(H,25,28). The molecule has 13 heteroatoms. The smallest absolute Gasteiger partial charge is 0.276 e. The fraction of sp³-hybridized carbons (Fsp3) is 0.364. The molecule has 4 rings (SSSR count). The summed E-state index contributed by atoms with van der Waals surface area (Å²) in [6.07, 6.45) is 3.19. The number of halogens is 1. The summed E-state index contributed by atoms with van der Waals surface area (Å²) in [5.74, 6) is -1.82. The molecule has 2 N–H and O–H groups in total. The van der Waals surface area contributed by atoms with Crippen molar-refractivity contribution >= 4 is 31.5 Å². The number of hydrogen-bond acceptors (Lipinski definition) is 7. The molecule has 2 aliphatic heterocycles. The molecule has 0 spiro atoms. The highest BCUT2D eigenvalue weighted by Gasteiger charge is 2.46. The van der Waals surface area contributed by atoms with Crippen molar-refractivity contribution in [2.45, 2.75) is 23.8 Å². The first-order valence-electron chi connectivity index (χ1n) is 10.6. The Bertz CT molecular complexity index is 1460. The number of ether oxygens (including phenoxy) is 1. The molecule has 2 aromatic rings. The summed E-state index contributed by atoms with van der Waals surface area (Å²) in [4.78, 5) is 12.8. The highest BCUT2D eigenvalue weighted by molar-refractivity contribution is 7.91. The molecule has 186 valence electrons. The number of carbonyl (C=O) groups is 1. The number of nitrogens with zero attached hydrogens (tertiary/aromatic N) is 2. The van der Waals surface area contributed by atoms with Crippen LogP contribution in [0, 0.1) is 22.6 Å². The van der Waals surface area contributed by atoms with Crippen molar-refractivity contribution in [3.8, 4) is 11.8 Å². The van der Waals surface area contributed by atoms with Crippen LogP contribution >= 0.6 is 0 Å². The lowest BCUT2D eigenvalue weighted by Gasteiger charge is -2.40. The van der Waals surface area contributed by atoms with Crippen molar-refractivity contribution in [2.24, 2.45) is 12.5 Å². The molecule has 1 atom stereocenters. The van der Waals surface area contributed by atoms with E-state index < -0.39 is 43.0 Å². The van der Waals surface area contributed by atoms with Crippen LogP contribution in [0.4, 0.5) is 10.1 Å². The van der Waals surface area contributed by atoms with Gasteiger partial charge in [-0.25, -0.2) is 25.9 Å². The average Bonchev–Trinajstić information content (AvgIpc) is 3.09. The summed E-state index contributed by atoms with van der Waals surface area (Å²) in [7, 11) is -5.88. The maximum Gasteiger partial charge on any atom is 0.276 e. The van der Waals surface area contributed by atoms with Crippen LogP contribution in [0.25, 0.3) is 0 Å². The molecule has 0 saturated carbocycles. The number of anilines is 1. The van der Waals surface area contributed by atoms with Gasteiger partial charge in [-0.05, 0) is 31.0 Å². The third-order valence-electron chi connectivity index (χ3n) is 6.50. The third kappa shape index (κ3) is 4.56. The second kappa shape index (κ2) is 8.78. The molecule has 2 aliphatic rings. The van der Waals surface area contributed by atoms with E-state index in [1.54, 1.807) is 12.1 Å². The normalized spacial score (nSPS) is 22.0. The Morgan fingerprint density at radius 2 is 2.03 bits per heavy atom. The van der Waals surface area contributed by atoms with Gasteiger partial charge in [0.15, 0.2) is 11.4 Å². The fourth-order valence-electron chi connectivity index (χ4n) is 4.40. The molecular weight excluding hydrogens is 499 g/mol. The number of sulfonamides is 1. The van der Waals surface area contributed by atoms with E-state index in [9.17, 15) is 26.0 Å². The van der Waals surface area contributed by atoms with Crippen molar-refractivity contribution < 1.29 is 30.8 Å². The molecule has 0 bridgehead atoms. The summed E-state index contributed by atoms with van der Waals surface area (Å²) in [6.45, 7) is 3.66. The minimum absolute atomic E-state index is 0.0901. The molecule has 1 saturated heterocycles. The molecular formula is C22H23FN4O6S2. The van der Waals surface area contributed by atoms with Gasteiger partial charge >= 0.3 is 0 Å². The number of benzene rings is 1. The first-order chi connectivity index (χ1) is 16.4. The zero-order chi connectivity index (χ0) is 25.6. The number of fused-ring (bicyclic) bond motifs is 1. The predicted octanol–water partition coefficient (Wildman–Crippen LogP) is 1.71. The third-order valence-corrected chi connectivity index (χ3v) is 9.62. The minimum Gasteiger partial charge on any atom is -0.488 e. The van der Waals surface area contributed by atoms with Gasteiger partial charge < -0.3 is 14.6 Å². The molecule has 1 aromatic heterocycles. The molecule has 1 aromatic carbocycles. The lowest BCUT2D eigenvalue weighted by Crippen LogP contribution is -2.52. The quantitative estimate of drug-likeness (QED) is 0.581. The van der Waals surface area contributed by atoms with Crippen LogP contribution in [-0.2, 0) is 26.9 Å². The lowest BCUT2D eigenvalue weighted by molar-refractivity contribution is 0.101. The molecule has 35 heavy (non-hydrogen) atoms. The second-order valence-corrected chi connectivity index (χ2v) is 12.6. The molecule has 0 radical (unpaired) electrons. The SMILES string of the molecule is C=CC1(C2COc3c(cn(C)c3C(=O)Nc3ccc(F)c(C#N)c3)S(=O)(=O)N2)CCS(=O)(=O)CC1. The summed E-state index contributed by atoms with van der Waals surface area (Å²) >= 11 is 0. The molecule has 1 unspecified atom stereocenters. The van der Waals surface area contributed by atoms with Crippen molar-refractivity contribution in [1.82, 2.24) is 9.29 Å². The molecule has 10 nitrogen and oxygen atoms in total. The zero-order valence-electron chi connectivity index (χ0n) is 18.7. The number of nitrogens with one attached hydrogen (secondary N) is 2. The van der Waals surface area contributed by atoms with Crippen molar-refractivity contribution in [2.75, 3.05) is 23.4 Å². The number of hydrogen-bond donors (Lipinski definition) is 2. The Labute approximate surface area is 202 Å². The van der Waals surface area contributed by atoms with E-state index in [0.717, 1.165) is 12.1 Å². The first kappa shape index (κ1) is 24.9. The Kier molecular flexibility index (Phi) is 6.25. The van der Waals surface area contributed by atoms with Gasteiger partial charge in [0.25, 0.3) is 5.91 Å². The Morgan fingerprint density at radius 1 is 1.34 bits per heavy atom. The fourth-order valence-corrected chi connectivity index (χ4v) is 7.48. The number of nitriles is 1. The van der Waals surface area contributed by atoms with Gasteiger partial charge in [0.1, 0.15) is 33.2 Å². The highest BCUT2D eigenvalue weighted by atomic mass is 32.2. The van der Waals surface area contributed by atoms with Gasteiger partial charge in [0.2, 0.25) is 10.0 Å². The minimum atomic E-state index is -4.14. The van der Waals surface area contributed by atoms with Crippen LogP contribution in [-0.4, -0.2) is 51.5 Å². The monoisotopic (exact) mass is 522 g/mol. The van der Waals surface area contributed by atoms with E-state index >= 15 is 0 Å². The maximum atomic E-state index is 13.6. The van der Waals surface area contributed by atoms with Crippen molar-refractivity contribution in [3.05, 3.63) is 54.1 Å². The van der Waals surface area contributed by atoms with Gasteiger partial charge in [-0.3, -0.25) is 4.79 Å². The van der Waals surface area contributed by atoms with E-state index in [2.05, 4.69) is 16.6 Å². The zero-order valence-corrected chi connectivity index (χ0v) is 20.4. The summed E-state index contributed by atoms with van der Waals surface area (Å²) in [6, 6.07) is 4.35. The van der Waals surface area contributed by atoms with E-state index in [1.165, 1.54) is 23.9 Å². The van der Waals surface area contributed by atoms with E-state index in [1.807, 2.05) is 0 Å². The van der Waals surface area contributed by atoms with Gasteiger partial charge in [-0.15, -0.1) is 6.58 Å². The number of carbonyl (C=O) groups excluding carboxylic acids is 1. The predicted molar refractivity (Wildman–Crippen MR) is 125 cm³/mol. The number of sulfone groups is 1. The van der Waals surface area contributed by atoms with Crippen molar-refractivity contribution in [1.29, 1.82) is 5.26 Å². The summed E-state index contributed by atoms with van der Waals surface area (Å²) in [5, 5.41) is 11.5. The summed E-state index contributed by atoms with van der Waals surface area (Å²) in [5.41, 5.74) is -1.05. The van der Waals surface area contributed by atoms with E-state index in [0.29, 0.717) is 0 Å². The van der Waals surface area contributed by atoms with Gasteiger partial charge in [-0.2, -0.15) is 5.26 Å². The van der Waals surface area contributed by atoms with Crippen LogP contribution in [0.3, 0.4) is 0 Å². The van der Waals surface area contributed by atoms with Gasteiger partial charge in [0.05, 0.1) is 23.1 Å². The van der Waals surface area contributed by atoms with Crippen LogP contribution in [0.5, 0.6) is 5.75 Å². The Balaban J connectivity index is 1.66. The lowest BCUT2D eigenvalue weighted by atomic mass is 9.76. The number of amides is 1. The van der Waals surface area contributed by atoms with Crippen LogP contribution in [0.1, 0.15) is 28.9 Å². The largest absolute Gasteiger partial charge is 0.488 e. The topological polar surface area (TPSA) is 147 Å². The number of aryl methyl sites for hydroxylation is 1. The number of rotatable bonds is 4. The van der Waals surface area contributed by atoms with Crippen LogP contribution in [0.15, 0.2) is 41.9 Å². The maximum absolute atomic E-state index is 13.6. The first-order valence-corrected chi connectivity index (χ1v) is 13.9. The van der Waals surface area contributed by atoms with Gasteiger partial charge in [-0.1, -0.05) is 6.08 Å². The van der Waals surface area contributed by atoms with Crippen molar-refractivity contribution in [3.63, 3.8) is 0 Å². The summed E-state index contributed by atoms with van der Waals surface area (Å²) < 4.78 is 73.8. The van der Waals surface area contributed by atoms with E-state index in [4.69, 9.17) is 10.00 Å². The molecule has 0 aliphatic carbocycles. The van der Waals surface area contributed by atoms with Gasteiger partial charge in [0, 0.05) is 24.3 Å². The Hall–Kier alpha value is -3.21. The molecule has 1 fully saturated rings. The average molecular weight is 523 g/mol. The molecule has 1 amide bonds. The Morgan fingerprint density at radius 3 is 2.66 bits per heavy atom. The molecule has 3 heterocycles. The highest BCUT2D eigenvalue weighted by Crippen LogP contribution is 2.41. The van der Waals surface area contributed by atoms with Crippen LogP contribution < -0.4 is 14.8 Å². The van der Waals surface area contributed by atoms with Crippen LogP contribution in [0.2, 0.25) is 0 Å².